The number of nitrogens with one attached hydrogen (secondary N) is 1. The van der Waals surface area contributed by atoms with Crippen molar-refractivity contribution in [2.45, 2.75) is 13.2 Å². The second kappa shape index (κ2) is 5.28. The number of hydrogen-bond donors (Lipinski definition) is 2. The van der Waals surface area contributed by atoms with Gasteiger partial charge in [-0.05, 0) is 35.9 Å². The Morgan fingerprint density at radius 2 is 1.95 bits per heavy atom. The largest absolute Gasteiger partial charge is 0.457 e. The lowest BCUT2D eigenvalue weighted by Crippen LogP contribution is -2.10. The van der Waals surface area contributed by atoms with Crippen molar-refractivity contribution in [1.82, 2.24) is 0 Å². The predicted octanol–water partition coefficient (Wildman–Crippen LogP) is 2.07. The summed E-state index contributed by atoms with van der Waals surface area (Å²) in [6.07, 6.45) is 0. The third-order valence-corrected chi connectivity index (χ3v) is 3.42. The van der Waals surface area contributed by atoms with E-state index in [9.17, 15) is 9.59 Å². The molecule has 0 atom stereocenters. The monoisotopic (exact) mass is 282 g/mol. The number of esters is 1. The number of cyclic esters (lactones) is 1. The van der Waals surface area contributed by atoms with Gasteiger partial charge in [0.25, 0.3) is 0 Å². The van der Waals surface area contributed by atoms with Crippen LogP contribution in [0.25, 0.3) is 0 Å². The second-order valence-electron chi connectivity index (χ2n) is 4.86. The molecule has 106 valence electrons. The average molecular weight is 282 g/mol. The van der Waals surface area contributed by atoms with Crippen LogP contribution in [-0.2, 0) is 17.9 Å². The molecule has 0 aromatic heterocycles. The molecule has 21 heavy (non-hydrogen) atoms. The molecule has 0 saturated carbocycles. The third-order valence-electron chi connectivity index (χ3n) is 3.42. The maximum atomic E-state index is 11.4. The highest BCUT2D eigenvalue weighted by Crippen LogP contribution is 2.23. The van der Waals surface area contributed by atoms with E-state index in [1.807, 2.05) is 24.3 Å². The van der Waals surface area contributed by atoms with E-state index in [0.29, 0.717) is 24.3 Å². The fourth-order valence-electron chi connectivity index (χ4n) is 2.23. The fraction of sp³-hybridized carbons (Fsp3) is 0.125. The first kappa shape index (κ1) is 13.2. The number of anilines is 1. The van der Waals surface area contributed by atoms with Crippen LogP contribution in [0.2, 0.25) is 0 Å². The van der Waals surface area contributed by atoms with Gasteiger partial charge in [-0.3, -0.25) is 4.79 Å². The SMILES string of the molecule is NC(=O)c1ccc(CNc2ccc3c(c2)COC3=O)cc1. The topological polar surface area (TPSA) is 81.4 Å². The Labute approximate surface area is 121 Å². The van der Waals surface area contributed by atoms with Gasteiger partial charge < -0.3 is 15.8 Å². The summed E-state index contributed by atoms with van der Waals surface area (Å²) in [6.45, 7) is 0.948. The van der Waals surface area contributed by atoms with Gasteiger partial charge in [-0.2, -0.15) is 0 Å². The number of rotatable bonds is 4. The van der Waals surface area contributed by atoms with Crippen LogP contribution >= 0.6 is 0 Å². The van der Waals surface area contributed by atoms with E-state index in [-0.39, 0.29) is 5.97 Å². The standard InChI is InChI=1S/C16H14N2O3/c17-15(19)11-3-1-10(2-4-11)8-18-13-5-6-14-12(7-13)9-21-16(14)20/h1-7,18H,8-9H2,(H2,17,19). The molecule has 5 heteroatoms. The Kier molecular flexibility index (Phi) is 3.31. The van der Waals surface area contributed by atoms with Gasteiger partial charge in [-0.25, -0.2) is 4.79 Å². The molecular formula is C16H14N2O3. The van der Waals surface area contributed by atoms with Crippen LogP contribution in [0.15, 0.2) is 42.5 Å². The number of carbonyl (C=O) groups excluding carboxylic acids is 2. The summed E-state index contributed by atoms with van der Waals surface area (Å²) in [5.74, 6) is -0.698. The van der Waals surface area contributed by atoms with E-state index in [1.165, 1.54) is 0 Å². The maximum absolute atomic E-state index is 11.4. The first-order valence-corrected chi connectivity index (χ1v) is 6.56. The molecule has 0 spiro atoms. The first-order valence-electron chi connectivity index (χ1n) is 6.56. The van der Waals surface area contributed by atoms with Gasteiger partial charge in [0.2, 0.25) is 5.91 Å². The van der Waals surface area contributed by atoms with Crippen LogP contribution in [0.1, 0.15) is 31.8 Å². The highest BCUT2D eigenvalue weighted by atomic mass is 16.5. The van der Waals surface area contributed by atoms with Crippen LogP contribution in [0, 0.1) is 0 Å². The summed E-state index contributed by atoms with van der Waals surface area (Å²) < 4.78 is 4.97. The van der Waals surface area contributed by atoms with Crippen molar-refractivity contribution in [2.75, 3.05) is 5.32 Å². The van der Waals surface area contributed by atoms with E-state index < -0.39 is 5.91 Å². The number of ether oxygens (including phenoxy) is 1. The van der Waals surface area contributed by atoms with Crippen LogP contribution in [0.5, 0.6) is 0 Å². The normalized spacial score (nSPS) is 12.7. The van der Waals surface area contributed by atoms with Gasteiger partial charge in [0.1, 0.15) is 6.61 Å². The molecule has 0 unspecified atom stereocenters. The predicted molar refractivity (Wildman–Crippen MR) is 77.8 cm³/mol. The van der Waals surface area contributed by atoms with E-state index in [0.717, 1.165) is 16.8 Å². The van der Waals surface area contributed by atoms with Crippen molar-refractivity contribution in [3.8, 4) is 0 Å². The molecule has 0 radical (unpaired) electrons. The maximum Gasteiger partial charge on any atom is 0.338 e. The number of primary amides is 1. The molecule has 0 fully saturated rings. The van der Waals surface area contributed by atoms with Crippen LogP contribution in [0.3, 0.4) is 0 Å². The molecule has 1 aliphatic heterocycles. The number of fused-ring (bicyclic) bond motifs is 1. The molecule has 0 saturated heterocycles. The highest BCUT2D eigenvalue weighted by Gasteiger charge is 2.20. The molecule has 3 N–H and O–H groups in total. The van der Waals surface area contributed by atoms with Crippen molar-refractivity contribution >= 4 is 17.6 Å². The Bertz CT molecular complexity index is 708. The quantitative estimate of drug-likeness (QED) is 0.841. The Balaban J connectivity index is 1.68. The molecular weight excluding hydrogens is 268 g/mol. The molecule has 2 aromatic rings. The van der Waals surface area contributed by atoms with E-state index in [2.05, 4.69) is 5.32 Å². The molecule has 1 heterocycles. The molecule has 3 rings (SSSR count). The third kappa shape index (κ3) is 2.72. The lowest BCUT2D eigenvalue weighted by atomic mass is 10.1. The summed E-state index contributed by atoms with van der Waals surface area (Å²) >= 11 is 0. The molecule has 0 bridgehead atoms. The summed E-state index contributed by atoms with van der Waals surface area (Å²) in [4.78, 5) is 22.4. The minimum Gasteiger partial charge on any atom is -0.457 e. The van der Waals surface area contributed by atoms with Gasteiger partial charge >= 0.3 is 5.97 Å². The molecule has 2 aromatic carbocycles. The number of benzene rings is 2. The van der Waals surface area contributed by atoms with Gasteiger partial charge in [0.15, 0.2) is 0 Å². The van der Waals surface area contributed by atoms with Crippen LogP contribution in [-0.4, -0.2) is 11.9 Å². The summed E-state index contributed by atoms with van der Waals surface area (Å²) in [5, 5.41) is 3.27. The average Bonchev–Trinajstić information content (AvgIpc) is 2.86. The summed E-state index contributed by atoms with van der Waals surface area (Å²) in [5.41, 5.74) is 9.18. The van der Waals surface area contributed by atoms with Crippen molar-refractivity contribution in [3.05, 3.63) is 64.7 Å². The van der Waals surface area contributed by atoms with Gasteiger partial charge in [-0.15, -0.1) is 0 Å². The summed E-state index contributed by atoms with van der Waals surface area (Å²) in [7, 11) is 0. The number of amides is 1. The van der Waals surface area contributed by atoms with E-state index >= 15 is 0 Å². The number of nitrogens with two attached hydrogens (primary N) is 1. The lowest BCUT2D eigenvalue weighted by Gasteiger charge is -2.08. The summed E-state index contributed by atoms with van der Waals surface area (Å²) in [6, 6.07) is 12.6. The minimum atomic E-state index is -0.433. The fourth-order valence-corrected chi connectivity index (χ4v) is 2.23. The van der Waals surface area contributed by atoms with Gasteiger partial charge in [-0.1, -0.05) is 12.1 Å². The van der Waals surface area contributed by atoms with E-state index in [4.69, 9.17) is 10.5 Å². The Morgan fingerprint density at radius 1 is 1.19 bits per heavy atom. The van der Waals surface area contributed by atoms with Gasteiger partial charge in [0, 0.05) is 23.4 Å². The van der Waals surface area contributed by atoms with Crippen molar-refractivity contribution < 1.29 is 14.3 Å². The number of hydrogen-bond acceptors (Lipinski definition) is 4. The molecule has 0 aliphatic carbocycles. The molecule has 1 aliphatic rings. The van der Waals surface area contributed by atoms with Crippen molar-refractivity contribution in [1.29, 1.82) is 0 Å². The second-order valence-corrected chi connectivity index (χ2v) is 4.86. The van der Waals surface area contributed by atoms with Crippen molar-refractivity contribution in [2.24, 2.45) is 5.73 Å². The first-order chi connectivity index (χ1) is 10.1. The minimum absolute atomic E-state index is 0.265. The number of carbonyl (C=O) groups is 2. The zero-order valence-corrected chi connectivity index (χ0v) is 11.3. The zero-order chi connectivity index (χ0) is 14.8. The van der Waals surface area contributed by atoms with Crippen LogP contribution < -0.4 is 11.1 Å². The molecule has 5 nitrogen and oxygen atoms in total. The zero-order valence-electron chi connectivity index (χ0n) is 11.3. The Hall–Kier alpha value is -2.82. The lowest BCUT2D eigenvalue weighted by molar-refractivity contribution is 0.0535. The molecule has 1 amide bonds. The van der Waals surface area contributed by atoms with Crippen LogP contribution in [0.4, 0.5) is 5.69 Å². The van der Waals surface area contributed by atoms with E-state index in [1.54, 1.807) is 18.2 Å². The highest BCUT2D eigenvalue weighted by molar-refractivity contribution is 5.94. The Morgan fingerprint density at radius 3 is 2.67 bits per heavy atom. The van der Waals surface area contributed by atoms with Crippen molar-refractivity contribution in [3.63, 3.8) is 0 Å². The smallest absolute Gasteiger partial charge is 0.338 e. The van der Waals surface area contributed by atoms with Gasteiger partial charge in [0.05, 0.1) is 5.56 Å².